The predicted molar refractivity (Wildman–Crippen MR) is 87.2 cm³/mol. The van der Waals surface area contributed by atoms with E-state index in [-0.39, 0.29) is 5.84 Å². The van der Waals surface area contributed by atoms with E-state index in [2.05, 4.69) is 41.2 Å². The Bertz CT molecular complexity index is 653. The van der Waals surface area contributed by atoms with Crippen molar-refractivity contribution in [2.45, 2.75) is 13.5 Å². The third-order valence-electron chi connectivity index (χ3n) is 3.30. The van der Waals surface area contributed by atoms with Gasteiger partial charge in [-0.15, -0.1) is 0 Å². The van der Waals surface area contributed by atoms with Crippen molar-refractivity contribution >= 4 is 23.1 Å². The van der Waals surface area contributed by atoms with Crippen LogP contribution < -0.4 is 10.6 Å². The van der Waals surface area contributed by atoms with Gasteiger partial charge in [-0.3, -0.25) is 0 Å². The highest BCUT2D eigenvalue weighted by Crippen LogP contribution is 2.27. The number of anilines is 1. The number of aryl methyl sites for hydroxylation is 1. The van der Waals surface area contributed by atoms with Crippen LogP contribution in [0, 0.1) is 6.92 Å². The first kappa shape index (κ1) is 15.2. The van der Waals surface area contributed by atoms with Crippen LogP contribution in [-0.2, 0) is 6.54 Å². The minimum absolute atomic E-state index is 0.0460. The molecule has 110 valence electrons. The number of amidine groups is 1. The molecule has 0 saturated heterocycles. The summed E-state index contributed by atoms with van der Waals surface area (Å²) in [5.74, 6) is 0.0460. The van der Waals surface area contributed by atoms with E-state index in [0.717, 1.165) is 12.2 Å². The van der Waals surface area contributed by atoms with Crippen molar-refractivity contribution in [2.75, 3.05) is 11.9 Å². The maximum absolute atomic E-state index is 8.68. The Morgan fingerprint density at radius 2 is 1.90 bits per heavy atom. The zero-order valence-electron chi connectivity index (χ0n) is 12.0. The summed E-state index contributed by atoms with van der Waals surface area (Å²) >= 11 is 6.28. The van der Waals surface area contributed by atoms with E-state index in [4.69, 9.17) is 22.5 Å². The van der Waals surface area contributed by atoms with E-state index < -0.39 is 0 Å². The fourth-order valence-corrected chi connectivity index (χ4v) is 2.41. The Morgan fingerprint density at radius 3 is 2.48 bits per heavy atom. The van der Waals surface area contributed by atoms with Crippen LogP contribution >= 0.6 is 11.6 Å². The zero-order valence-corrected chi connectivity index (χ0v) is 12.8. The lowest BCUT2D eigenvalue weighted by Crippen LogP contribution is -2.18. The highest BCUT2D eigenvalue weighted by atomic mass is 35.5. The number of halogens is 1. The summed E-state index contributed by atoms with van der Waals surface area (Å²) < 4.78 is 0. The summed E-state index contributed by atoms with van der Waals surface area (Å²) in [6.45, 7) is 2.82. The lowest BCUT2D eigenvalue weighted by Gasteiger charge is -2.21. The van der Waals surface area contributed by atoms with Gasteiger partial charge in [0.2, 0.25) is 0 Å². The summed E-state index contributed by atoms with van der Waals surface area (Å²) in [7, 11) is 1.98. The van der Waals surface area contributed by atoms with E-state index >= 15 is 0 Å². The number of benzene rings is 2. The summed E-state index contributed by atoms with van der Waals surface area (Å²) in [5.41, 5.74) is 9.49. The van der Waals surface area contributed by atoms with Crippen LogP contribution in [0.5, 0.6) is 0 Å². The average molecular weight is 304 g/mol. The van der Waals surface area contributed by atoms with Crippen molar-refractivity contribution in [3.63, 3.8) is 0 Å². The topological polar surface area (TPSA) is 61.8 Å². The van der Waals surface area contributed by atoms with Crippen molar-refractivity contribution in [2.24, 2.45) is 10.9 Å². The lowest BCUT2D eigenvalue weighted by molar-refractivity contribution is 0.318. The van der Waals surface area contributed by atoms with Crippen molar-refractivity contribution in [1.82, 2.24) is 0 Å². The van der Waals surface area contributed by atoms with Crippen molar-refractivity contribution in [3.05, 3.63) is 64.2 Å². The maximum Gasteiger partial charge on any atom is 0.170 e. The smallest absolute Gasteiger partial charge is 0.170 e. The SMILES string of the molecule is Cc1ccc(CN(C)c2ccc(C(N)=NO)cc2Cl)cc1. The molecule has 21 heavy (non-hydrogen) atoms. The summed E-state index contributed by atoms with van der Waals surface area (Å²) in [4.78, 5) is 2.06. The van der Waals surface area contributed by atoms with Gasteiger partial charge in [-0.25, -0.2) is 0 Å². The van der Waals surface area contributed by atoms with Crippen molar-refractivity contribution in [3.8, 4) is 0 Å². The largest absolute Gasteiger partial charge is 0.409 e. The van der Waals surface area contributed by atoms with Crippen LogP contribution in [0.3, 0.4) is 0 Å². The summed E-state index contributed by atoms with van der Waals surface area (Å²) in [5, 5.41) is 12.2. The first-order valence-electron chi connectivity index (χ1n) is 6.55. The van der Waals surface area contributed by atoms with Gasteiger partial charge in [0.25, 0.3) is 0 Å². The summed E-state index contributed by atoms with van der Waals surface area (Å²) in [6.07, 6.45) is 0. The van der Waals surface area contributed by atoms with Gasteiger partial charge in [0.05, 0.1) is 10.7 Å². The van der Waals surface area contributed by atoms with E-state index in [0.29, 0.717) is 10.6 Å². The fourth-order valence-electron chi connectivity index (χ4n) is 2.09. The molecule has 0 saturated carbocycles. The molecule has 0 spiro atoms. The van der Waals surface area contributed by atoms with E-state index in [1.165, 1.54) is 11.1 Å². The first-order chi connectivity index (χ1) is 10.0. The number of hydrogen-bond donors (Lipinski definition) is 2. The highest BCUT2D eigenvalue weighted by Gasteiger charge is 2.09. The van der Waals surface area contributed by atoms with Gasteiger partial charge >= 0.3 is 0 Å². The molecule has 0 amide bonds. The third-order valence-corrected chi connectivity index (χ3v) is 3.61. The van der Waals surface area contributed by atoms with Gasteiger partial charge in [-0.1, -0.05) is 46.6 Å². The van der Waals surface area contributed by atoms with Gasteiger partial charge < -0.3 is 15.8 Å². The Kier molecular flexibility index (Phi) is 4.70. The quantitative estimate of drug-likeness (QED) is 0.394. The number of oxime groups is 1. The second-order valence-electron chi connectivity index (χ2n) is 4.99. The molecule has 4 nitrogen and oxygen atoms in total. The Hall–Kier alpha value is -2.20. The monoisotopic (exact) mass is 303 g/mol. The van der Waals surface area contributed by atoms with Crippen molar-refractivity contribution in [1.29, 1.82) is 0 Å². The highest BCUT2D eigenvalue weighted by molar-refractivity contribution is 6.33. The van der Waals surface area contributed by atoms with Crippen molar-refractivity contribution < 1.29 is 5.21 Å². The molecule has 0 aliphatic carbocycles. The van der Waals surface area contributed by atoms with Crippen LogP contribution in [0.1, 0.15) is 16.7 Å². The van der Waals surface area contributed by atoms with Crippen LogP contribution in [0.2, 0.25) is 5.02 Å². The van der Waals surface area contributed by atoms with Crippen LogP contribution in [0.25, 0.3) is 0 Å². The predicted octanol–water partition coefficient (Wildman–Crippen LogP) is 3.38. The Balaban J connectivity index is 2.19. The summed E-state index contributed by atoms with van der Waals surface area (Å²) in [6, 6.07) is 13.7. The molecule has 0 bridgehead atoms. The van der Waals surface area contributed by atoms with Crippen LogP contribution in [0.15, 0.2) is 47.6 Å². The van der Waals surface area contributed by atoms with E-state index in [9.17, 15) is 0 Å². The molecule has 3 N–H and O–H groups in total. The molecular weight excluding hydrogens is 286 g/mol. The third kappa shape index (κ3) is 3.67. The van der Waals surface area contributed by atoms with Gasteiger partial charge in [0.15, 0.2) is 5.84 Å². The molecular formula is C16H18ClN3O. The van der Waals surface area contributed by atoms with Gasteiger partial charge in [0, 0.05) is 19.2 Å². The molecule has 2 rings (SSSR count). The normalized spacial score (nSPS) is 11.5. The number of rotatable bonds is 4. The zero-order chi connectivity index (χ0) is 15.4. The van der Waals surface area contributed by atoms with Gasteiger partial charge in [-0.2, -0.15) is 0 Å². The maximum atomic E-state index is 8.68. The second-order valence-corrected chi connectivity index (χ2v) is 5.40. The molecule has 0 unspecified atom stereocenters. The second kappa shape index (κ2) is 6.50. The molecule has 2 aromatic carbocycles. The number of nitrogens with zero attached hydrogens (tertiary/aromatic N) is 2. The van der Waals surface area contributed by atoms with Gasteiger partial charge in [-0.05, 0) is 30.7 Å². The van der Waals surface area contributed by atoms with Gasteiger partial charge in [0.1, 0.15) is 0 Å². The van der Waals surface area contributed by atoms with Crippen LogP contribution in [0.4, 0.5) is 5.69 Å². The Morgan fingerprint density at radius 1 is 1.24 bits per heavy atom. The van der Waals surface area contributed by atoms with E-state index in [1.807, 2.05) is 13.1 Å². The first-order valence-corrected chi connectivity index (χ1v) is 6.93. The minimum atomic E-state index is 0.0460. The molecule has 0 aromatic heterocycles. The molecule has 5 heteroatoms. The molecule has 0 fully saturated rings. The molecule has 0 atom stereocenters. The molecule has 0 radical (unpaired) electrons. The average Bonchev–Trinajstić information content (AvgIpc) is 2.48. The Labute approximate surface area is 129 Å². The number of hydrogen-bond acceptors (Lipinski definition) is 3. The molecule has 0 aliphatic heterocycles. The number of nitrogens with two attached hydrogens (primary N) is 1. The molecule has 0 heterocycles. The lowest BCUT2D eigenvalue weighted by atomic mass is 10.1. The molecule has 2 aromatic rings. The minimum Gasteiger partial charge on any atom is -0.409 e. The molecule has 0 aliphatic rings. The fraction of sp³-hybridized carbons (Fsp3) is 0.188. The van der Waals surface area contributed by atoms with E-state index in [1.54, 1.807) is 12.1 Å². The standard InChI is InChI=1S/C16H18ClN3O/c1-11-3-5-12(6-4-11)10-20(2)15-8-7-13(9-14(15)17)16(18)19-21/h3-9,21H,10H2,1-2H3,(H2,18,19). The van der Waals surface area contributed by atoms with Crippen LogP contribution in [-0.4, -0.2) is 18.1 Å².